The van der Waals surface area contributed by atoms with Crippen molar-refractivity contribution in [1.82, 2.24) is 9.79 Å². The Morgan fingerprint density at radius 1 is 1.12 bits per heavy atom. The van der Waals surface area contributed by atoms with Crippen molar-refractivity contribution in [3.63, 3.8) is 0 Å². The molecule has 0 bridgehead atoms. The average Bonchev–Trinajstić information content (AvgIpc) is 3.21. The first-order valence-electron chi connectivity index (χ1n) is 8.49. The van der Waals surface area contributed by atoms with E-state index in [1.165, 1.54) is 4.31 Å². The number of carbonyl (C=O) groups is 1. The molecule has 2 N–H and O–H groups in total. The zero-order valence-electron chi connectivity index (χ0n) is 13.6. The summed E-state index contributed by atoms with van der Waals surface area (Å²) in [5, 5.41) is 10.6. The van der Waals surface area contributed by atoms with Crippen LogP contribution in [0.25, 0.3) is 10.8 Å². The summed E-state index contributed by atoms with van der Waals surface area (Å²) >= 11 is 0. The standard InChI is InChI=1S/C18H20N2O4S/c21-18(19-22)16-11-13-7-3-9-15(13)20(16)25(23,24)17-10-4-6-12-5-1-2-8-14(12)17/h1-2,4-6,8,10,13,15-16,22H,3,7,9,11H2,(H,19,21)/t13-,15-,16?/m1/s1. The molecule has 0 spiro atoms. The largest absolute Gasteiger partial charge is 0.289 e. The van der Waals surface area contributed by atoms with Gasteiger partial charge in [0.2, 0.25) is 10.0 Å². The molecule has 2 aromatic carbocycles. The van der Waals surface area contributed by atoms with Gasteiger partial charge in [-0.25, -0.2) is 13.9 Å². The van der Waals surface area contributed by atoms with E-state index in [1.54, 1.807) is 23.7 Å². The summed E-state index contributed by atoms with van der Waals surface area (Å²) in [7, 11) is -3.86. The number of nitrogens with one attached hydrogen (secondary N) is 1. The number of hydroxylamine groups is 1. The third-order valence-corrected chi connectivity index (χ3v) is 7.49. The van der Waals surface area contributed by atoms with Crippen LogP contribution in [0.5, 0.6) is 0 Å². The molecule has 25 heavy (non-hydrogen) atoms. The minimum Gasteiger partial charge on any atom is -0.289 e. The van der Waals surface area contributed by atoms with Gasteiger partial charge >= 0.3 is 0 Å². The van der Waals surface area contributed by atoms with Crippen molar-refractivity contribution >= 4 is 26.7 Å². The van der Waals surface area contributed by atoms with Gasteiger partial charge in [-0.05, 0) is 36.6 Å². The predicted octanol–water partition coefficient (Wildman–Crippen LogP) is 2.28. The number of fused-ring (bicyclic) bond motifs is 2. The Kier molecular flexibility index (Phi) is 4.02. The Labute approximate surface area is 146 Å². The van der Waals surface area contributed by atoms with E-state index in [1.807, 2.05) is 24.3 Å². The number of amides is 1. The molecule has 1 unspecified atom stereocenters. The zero-order valence-corrected chi connectivity index (χ0v) is 14.4. The zero-order chi connectivity index (χ0) is 17.6. The van der Waals surface area contributed by atoms with E-state index in [2.05, 4.69) is 0 Å². The molecule has 132 valence electrons. The monoisotopic (exact) mass is 360 g/mol. The molecule has 6 nitrogen and oxygen atoms in total. The van der Waals surface area contributed by atoms with Crippen LogP contribution in [0.3, 0.4) is 0 Å². The summed E-state index contributed by atoms with van der Waals surface area (Å²) in [6.45, 7) is 0. The first-order chi connectivity index (χ1) is 12.0. The van der Waals surface area contributed by atoms with Crippen molar-refractivity contribution in [1.29, 1.82) is 0 Å². The molecule has 1 aliphatic carbocycles. The fourth-order valence-electron chi connectivity index (χ4n) is 4.43. The number of carbonyl (C=O) groups excluding carboxylic acids is 1. The number of hydrogen-bond donors (Lipinski definition) is 2. The Bertz CT molecular complexity index is 922. The average molecular weight is 360 g/mol. The first-order valence-corrected chi connectivity index (χ1v) is 9.93. The molecule has 4 rings (SSSR count). The van der Waals surface area contributed by atoms with Crippen molar-refractivity contribution in [2.24, 2.45) is 5.92 Å². The van der Waals surface area contributed by atoms with E-state index >= 15 is 0 Å². The minimum atomic E-state index is -3.86. The molecule has 1 amide bonds. The lowest BCUT2D eigenvalue weighted by molar-refractivity contribution is -0.132. The van der Waals surface area contributed by atoms with Gasteiger partial charge in [0.25, 0.3) is 5.91 Å². The topological polar surface area (TPSA) is 86.7 Å². The second kappa shape index (κ2) is 6.09. The highest BCUT2D eigenvalue weighted by molar-refractivity contribution is 7.89. The maximum absolute atomic E-state index is 13.5. The van der Waals surface area contributed by atoms with Gasteiger partial charge < -0.3 is 0 Å². The van der Waals surface area contributed by atoms with Crippen molar-refractivity contribution in [3.8, 4) is 0 Å². The lowest BCUT2D eigenvalue weighted by Gasteiger charge is -2.28. The van der Waals surface area contributed by atoms with E-state index in [-0.39, 0.29) is 16.9 Å². The summed E-state index contributed by atoms with van der Waals surface area (Å²) in [6, 6.07) is 11.5. The van der Waals surface area contributed by atoms with Gasteiger partial charge in [-0.1, -0.05) is 42.8 Å². The van der Waals surface area contributed by atoms with Crippen LogP contribution >= 0.6 is 0 Å². The van der Waals surface area contributed by atoms with Crippen LogP contribution in [0.1, 0.15) is 25.7 Å². The Morgan fingerprint density at radius 2 is 1.88 bits per heavy atom. The van der Waals surface area contributed by atoms with Crippen molar-refractivity contribution in [2.75, 3.05) is 0 Å². The number of benzene rings is 2. The third kappa shape index (κ3) is 2.54. The van der Waals surface area contributed by atoms with Gasteiger partial charge in [0.1, 0.15) is 6.04 Å². The number of rotatable bonds is 3. The highest BCUT2D eigenvalue weighted by atomic mass is 32.2. The SMILES string of the molecule is O=C(NO)C1C[C@H]2CCC[C@H]2N1S(=O)(=O)c1cccc2ccccc12. The molecule has 1 heterocycles. The van der Waals surface area contributed by atoms with Crippen LogP contribution in [-0.2, 0) is 14.8 Å². The fraction of sp³-hybridized carbons (Fsp3) is 0.389. The number of hydrogen-bond acceptors (Lipinski definition) is 4. The summed E-state index contributed by atoms with van der Waals surface area (Å²) in [5.41, 5.74) is 1.64. The molecule has 2 aliphatic rings. The summed E-state index contributed by atoms with van der Waals surface area (Å²) in [5.74, 6) is -0.481. The van der Waals surface area contributed by atoms with Crippen LogP contribution in [-0.4, -0.2) is 35.9 Å². The molecule has 1 aliphatic heterocycles. The highest BCUT2D eigenvalue weighted by Gasteiger charge is 2.52. The molecule has 2 fully saturated rings. The second-order valence-corrected chi connectivity index (χ2v) is 8.61. The summed E-state index contributed by atoms with van der Waals surface area (Å²) in [6.07, 6.45) is 3.09. The van der Waals surface area contributed by atoms with E-state index in [0.717, 1.165) is 24.6 Å². The number of sulfonamides is 1. The van der Waals surface area contributed by atoms with E-state index in [4.69, 9.17) is 5.21 Å². The first kappa shape index (κ1) is 16.5. The molecule has 1 saturated carbocycles. The number of nitrogens with zero attached hydrogens (tertiary/aromatic N) is 1. The van der Waals surface area contributed by atoms with Crippen molar-refractivity contribution in [2.45, 2.75) is 42.7 Å². The molecular weight excluding hydrogens is 340 g/mol. The van der Waals surface area contributed by atoms with Crippen LogP contribution in [0.2, 0.25) is 0 Å². The summed E-state index contributed by atoms with van der Waals surface area (Å²) in [4.78, 5) is 12.3. The Balaban J connectivity index is 1.86. The van der Waals surface area contributed by atoms with Gasteiger partial charge in [0.05, 0.1) is 4.90 Å². The molecular formula is C18H20N2O4S. The third-order valence-electron chi connectivity index (χ3n) is 5.50. The molecule has 0 radical (unpaired) electrons. The Hall–Kier alpha value is -1.96. The fourth-order valence-corrected chi connectivity index (χ4v) is 6.52. The van der Waals surface area contributed by atoms with Crippen LogP contribution < -0.4 is 5.48 Å². The normalized spacial score (nSPS) is 26.7. The van der Waals surface area contributed by atoms with E-state index < -0.39 is 22.0 Å². The van der Waals surface area contributed by atoms with Crippen LogP contribution in [0, 0.1) is 5.92 Å². The maximum atomic E-state index is 13.5. The van der Waals surface area contributed by atoms with Gasteiger partial charge in [0.15, 0.2) is 0 Å². The quantitative estimate of drug-likeness (QED) is 0.649. The molecule has 7 heteroatoms. The van der Waals surface area contributed by atoms with Crippen LogP contribution in [0.15, 0.2) is 47.4 Å². The van der Waals surface area contributed by atoms with Gasteiger partial charge in [-0.2, -0.15) is 4.31 Å². The molecule has 0 aromatic heterocycles. The van der Waals surface area contributed by atoms with Crippen molar-refractivity contribution in [3.05, 3.63) is 42.5 Å². The molecule has 1 saturated heterocycles. The predicted molar refractivity (Wildman–Crippen MR) is 92.4 cm³/mol. The lowest BCUT2D eigenvalue weighted by atomic mass is 10.0. The lowest BCUT2D eigenvalue weighted by Crippen LogP contribution is -2.48. The molecule has 3 atom stereocenters. The maximum Gasteiger partial charge on any atom is 0.261 e. The van der Waals surface area contributed by atoms with E-state index in [0.29, 0.717) is 11.8 Å². The van der Waals surface area contributed by atoms with Crippen LogP contribution in [0.4, 0.5) is 0 Å². The highest BCUT2D eigenvalue weighted by Crippen LogP contribution is 2.44. The van der Waals surface area contributed by atoms with Crippen molar-refractivity contribution < 1.29 is 18.4 Å². The smallest absolute Gasteiger partial charge is 0.261 e. The summed E-state index contributed by atoms with van der Waals surface area (Å²) < 4.78 is 28.3. The van der Waals surface area contributed by atoms with E-state index in [9.17, 15) is 13.2 Å². The Morgan fingerprint density at radius 3 is 2.68 bits per heavy atom. The van der Waals surface area contributed by atoms with Gasteiger partial charge in [-0.3, -0.25) is 10.0 Å². The molecule has 2 aromatic rings. The minimum absolute atomic E-state index is 0.173. The van der Waals surface area contributed by atoms with Gasteiger partial charge in [0, 0.05) is 11.4 Å². The second-order valence-electron chi connectivity index (χ2n) is 6.80. The van der Waals surface area contributed by atoms with Gasteiger partial charge in [-0.15, -0.1) is 0 Å².